The highest BCUT2D eigenvalue weighted by molar-refractivity contribution is 5.86. The van der Waals surface area contributed by atoms with Crippen LogP contribution in [0.25, 0.3) is 11.0 Å². The molecule has 1 atom stereocenters. The molecule has 0 spiro atoms. The number of carbonyl (C=O) groups excluding carboxylic acids is 2. The van der Waals surface area contributed by atoms with Crippen molar-refractivity contribution in [2.75, 3.05) is 6.61 Å². The van der Waals surface area contributed by atoms with Gasteiger partial charge in [0, 0.05) is 19.0 Å². The number of rotatable bonds is 8. The van der Waals surface area contributed by atoms with Gasteiger partial charge in [0.15, 0.2) is 0 Å². The minimum atomic E-state index is -1.18. The summed E-state index contributed by atoms with van der Waals surface area (Å²) in [6.07, 6.45) is 1.26. The van der Waals surface area contributed by atoms with Crippen LogP contribution in [0.1, 0.15) is 25.5 Å². The van der Waals surface area contributed by atoms with Crippen LogP contribution < -0.4 is 5.32 Å². The van der Waals surface area contributed by atoms with E-state index in [0.29, 0.717) is 16.7 Å². The van der Waals surface area contributed by atoms with Gasteiger partial charge in [-0.3, -0.25) is 14.6 Å². The van der Waals surface area contributed by atoms with E-state index in [4.69, 9.17) is 4.74 Å². The summed E-state index contributed by atoms with van der Waals surface area (Å²) in [7, 11) is 0. The predicted octanol–water partition coefficient (Wildman–Crippen LogP) is 1.08. The molecule has 0 aliphatic rings. The maximum absolute atomic E-state index is 11.9. The molecule has 0 bridgehead atoms. The zero-order chi connectivity index (χ0) is 18.2. The third-order valence-corrected chi connectivity index (χ3v) is 3.41. The highest BCUT2D eigenvalue weighted by atomic mass is 16.5. The van der Waals surface area contributed by atoms with Gasteiger partial charge in [-0.05, 0) is 19.1 Å². The van der Waals surface area contributed by atoms with E-state index in [1.54, 1.807) is 19.1 Å². The number of hydrogen-bond acceptors (Lipinski definition) is 6. The molecule has 1 amide bonds. The second kappa shape index (κ2) is 8.72. The van der Waals surface area contributed by atoms with Crippen molar-refractivity contribution in [1.29, 1.82) is 0 Å². The fourth-order valence-corrected chi connectivity index (χ4v) is 2.22. The molecule has 2 rings (SSSR count). The van der Waals surface area contributed by atoms with Crippen molar-refractivity contribution in [3.05, 3.63) is 36.2 Å². The molecular formula is C17H19N3O5. The number of carbonyl (C=O) groups is 3. The normalized spacial score (nSPS) is 11.7. The van der Waals surface area contributed by atoms with E-state index in [2.05, 4.69) is 15.3 Å². The molecule has 0 aliphatic carbocycles. The second-order valence-corrected chi connectivity index (χ2v) is 5.32. The Kier molecular flexibility index (Phi) is 6.39. The Morgan fingerprint density at radius 3 is 2.60 bits per heavy atom. The number of aromatic nitrogens is 2. The van der Waals surface area contributed by atoms with E-state index in [9.17, 15) is 19.5 Å². The smallest absolute Gasteiger partial charge is 0.326 e. The highest BCUT2D eigenvalue weighted by Crippen LogP contribution is 2.10. The summed E-state index contributed by atoms with van der Waals surface area (Å²) in [4.78, 5) is 43.1. The van der Waals surface area contributed by atoms with Crippen molar-refractivity contribution < 1.29 is 24.2 Å². The zero-order valence-electron chi connectivity index (χ0n) is 13.8. The summed E-state index contributed by atoms with van der Waals surface area (Å²) in [5.74, 6) is -2.21. The Balaban J connectivity index is 1.98. The Bertz CT molecular complexity index is 778. The van der Waals surface area contributed by atoms with Crippen LogP contribution in [-0.4, -0.2) is 45.6 Å². The summed E-state index contributed by atoms with van der Waals surface area (Å²) >= 11 is 0. The monoisotopic (exact) mass is 345 g/mol. The number of nitrogens with one attached hydrogen (secondary N) is 1. The molecule has 8 nitrogen and oxygen atoms in total. The van der Waals surface area contributed by atoms with Gasteiger partial charge in [0.1, 0.15) is 6.04 Å². The predicted molar refractivity (Wildman–Crippen MR) is 88.7 cm³/mol. The fourth-order valence-electron chi connectivity index (χ4n) is 2.22. The molecule has 2 aromatic rings. The Hall–Kier alpha value is -3.03. The summed E-state index contributed by atoms with van der Waals surface area (Å²) < 4.78 is 4.73. The van der Waals surface area contributed by atoms with E-state index >= 15 is 0 Å². The minimum absolute atomic E-state index is 0.00167. The summed E-state index contributed by atoms with van der Waals surface area (Å²) in [6, 6.07) is 6.08. The number of benzene rings is 1. The van der Waals surface area contributed by atoms with Crippen LogP contribution in [0.15, 0.2) is 30.5 Å². The lowest BCUT2D eigenvalue weighted by Crippen LogP contribution is -2.42. The molecule has 8 heteroatoms. The number of nitrogens with zero attached hydrogens (tertiary/aromatic N) is 2. The Labute approximate surface area is 144 Å². The Morgan fingerprint density at radius 2 is 1.92 bits per heavy atom. The number of aliphatic carboxylic acids is 1. The first-order chi connectivity index (χ1) is 12.0. The molecule has 0 radical (unpaired) electrons. The van der Waals surface area contributed by atoms with Crippen LogP contribution in [0.5, 0.6) is 0 Å². The first-order valence-corrected chi connectivity index (χ1v) is 7.88. The van der Waals surface area contributed by atoms with Crippen molar-refractivity contribution in [3.63, 3.8) is 0 Å². The number of ether oxygens (including phenoxy) is 1. The molecule has 132 valence electrons. The lowest BCUT2D eigenvalue weighted by molar-refractivity contribution is -0.144. The molecule has 0 saturated carbocycles. The highest BCUT2D eigenvalue weighted by Gasteiger charge is 2.21. The quantitative estimate of drug-likeness (QED) is 0.687. The average Bonchev–Trinajstić information content (AvgIpc) is 2.59. The topological polar surface area (TPSA) is 118 Å². The zero-order valence-corrected chi connectivity index (χ0v) is 13.8. The molecule has 0 fully saturated rings. The van der Waals surface area contributed by atoms with Gasteiger partial charge >= 0.3 is 11.9 Å². The van der Waals surface area contributed by atoms with Crippen LogP contribution >= 0.6 is 0 Å². The van der Waals surface area contributed by atoms with E-state index in [1.807, 2.05) is 12.1 Å². The van der Waals surface area contributed by atoms with Gasteiger partial charge in [-0.2, -0.15) is 0 Å². The molecule has 1 aromatic heterocycles. The van der Waals surface area contributed by atoms with Crippen LogP contribution in [0.2, 0.25) is 0 Å². The van der Waals surface area contributed by atoms with Crippen molar-refractivity contribution in [2.45, 2.75) is 32.2 Å². The standard InChI is InChI=1S/C17H19N3O5/c1-2-25-16(22)8-7-15(21)20-14(17(23)24)9-11-10-18-12-5-3-4-6-13(12)19-11/h3-6,10,14H,2,7-9H2,1H3,(H,20,21)(H,23,24)/t14-/m1/s1. The van der Waals surface area contributed by atoms with Gasteiger partial charge in [0.2, 0.25) is 5.91 Å². The molecule has 0 unspecified atom stereocenters. The summed E-state index contributed by atoms with van der Waals surface area (Å²) in [5, 5.41) is 11.7. The third-order valence-electron chi connectivity index (χ3n) is 3.41. The number of para-hydroxylation sites is 2. The molecule has 2 N–H and O–H groups in total. The number of hydrogen-bond donors (Lipinski definition) is 2. The van der Waals surface area contributed by atoms with Crippen LogP contribution in [0.3, 0.4) is 0 Å². The van der Waals surface area contributed by atoms with Gasteiger partial charge < -0.3 is 15.2 Å². The number of esters is 1. The fraction of sp³-hybridized carbons (Fsp3) is 0.353. The SMILES string of the molecule is CCOC(=O)CCC(=O)N[C@H](Cc1cnc2ccccc2n1)C(=O)O. The maximum atomic E-state index is 11.9. The van der Waals surface area contributed by atoms with Gasteiger partial charge in [-0.25, -0.2) is 9.78 Å². The maximum Gasteiger partial charge on any atom is 0.326 e. The molecule has 0 saturated heterocycles. The Morgan fingerprint density at radius 1 is 1.20 bits per heavy atom. The van der Waals surface area contributed by atoms with Gasteiger partial charge in [0.05, 0.1) is 29.8 Å². The third kappa shape index (κ3) is 5.52. The average molecular weight is 345 g/mol. The van der Waals surface area contributed by atoms with Gasteiger partial charge in [-0.1, -0.05) is 12.1 Å². The number of carboxylic acids is 1. The van der Waals surface area contributed by atoms with Gasteiger partial charge in [0.25, 0.3) is 0 Å². The number of fused-ring (bicyclic) bond motifs is 1. The van der Waals surface area contributed by atoms with Crippen molar-refractivity contribution in [2.24, 2.45) is 0 Å². The number of carboxylic acid groups (broad SMARTS) is 1. The van der Waals surface area contributed by atoms with Crippen molar-refractivity contribution in [1.82, 2.24) is 15.3 Å². The van der Waals surface area contributed by atoms with E-state index in [-0.39, 0.29) is 25.9 Å². The summed E-state index contributed by atoms with van der Waals surface area (Å²) in [5.41, 5.74) is 1.81. The molecular weight excluding hydrogens is 326 g/mol. The molecule has 25 heavy (non-hydrogen) atoms. The van der Waals surface area contributed by atoms with Crippen LogP contribution in [0.4, 0.5) is 0 Å². The lowest BCUT2D eigenvalue weighted by atomic mass is 10.1. The molecule has 1 aromatic carbocycles. The number of amides is 1. The largest absolute Gasteiger partial charge is 0.480 e. The summed E-state index contributed by atoms with van der Waals surface area (Å²) in [6.45, 7) is 1.90. The lowest BCUT2D eigenvalue weighted by Gasteiger charge is -2.14. The van der Waals surface area contributed by atoms with Crippen molar-refractivity contribution in [3.8, 4) is 0 Å². The first kappa shape index (κ1) is 18.3. The van der Waals surface area contributed by atoms with E-state index in [1.165, 1.54) is 6.20 Å². The van der Waals surface area contributed by atoms with Gasteiger partial charge in [-0.15, -0.1) is 0 Å². The van der Waals surface area contributed by atoms with Crippen molar-refractivity contribution >= 4 is 28.9 Å². The molecule has 0 aliphatic heterocycles. The molecule has 1 heterocycles. The van der Waals surface area contributed by atoms with E-state index in [0.717, 1.165) is 0 Å². The van der Waals surface area contributed by atoms with Crippen LogP contribution in [0, 0.1) is 0 Å². The van der Waals surface area contributed by atoms with E-state index < -0.39 is 23.9 Å². The minimum Gasteiger partial charge on any atom is -0.480 e. The first-order valence-electron chi connectivity index (χ1n) is 7.88. The van der Waals surface area contributed by atoms with Crippen LogP contribution in [-0.2, 0) is 25.5 Å². The second-order valence-electron chi connectivity index (χ2n) is 5.32.